The molecular formula is C14H20N4. The summed E-state index contributed by atoms with van der Waals surface area (Å²) in [6, 6.07) is 8.61. The van der Waals surface area contributed by atoms with Crippen LogP contribution in [0.4, 0.5) is 5.95 Å². The zero-order valence-electron chi connectivity index (χ0n) is 11.0. The summed E-state index contributed by atoms with van der Waals surface area (Å²) in [4.78, 5) is 7.10. The molecule has 1 aromatic heterocycles. The van der Waals surface area contributed by atoms with Crippen molar-refractivity contribution in [2.24, 2.45) is 18.7 Å². The molecule has 0 saturated carbocycles. The Morgan fingerprint density at radius 1 is 1.33 bits per heavy atom. The van der Waals surface area contributed by atoms with E-state index >= 15 is 0 Å². The highest BCUT2D eigenvalue weighted by molar-refractivity contribution is 5.78. The van der Waals surface area contributed by atoms with Gasteiger partial charge < -0.3 is 15.2 Å². The molecule has 1 fully saturated rings. The van der Waals surface area contributed by atoms with Crippen molar-refractivity contribution in [3.8, 4) is 0 Å². The molecule has 1 aromatic carbocycles. The van der Waals surface area contributed by atoms with Crippen molar-refractivity contribution in [2.45, 2.75) is 19.4 Å². The second-order valence-corrected chi connectivity index (χ2v) is 5.34. The normalized spacial score (nSPS) is 24.7. The van der Waals surface area contributed by atoms with Gasteiger partial charge in [-0.3, -0.25) is 0 Å². The SMILES string of the molecule is CC1CN(c2nc3ccccc3n2C)CCC1N. The maximum atomic E-state index is 6.08. The Morgan fingerprint density at radius 3 is 2.83 bits per heavy atom. The first-order valence-corrected chi connectivity index (χ1v) is 6.59. The molecule has 0 spiro atoms. The number of aryl methyl sites for hydroxylation is 1. The van der Waals surface area contributed by atoms with Gasteiger partial charge in [-0.25, -0.2) is 4.98 Å². The molecule has 4 nitrogen and oxygen atoms in total. The first-order chi connectivity index (χ1) is 8.66. The standard InChI is InChI=1S/C14H20N4/c1-10-9-18(8-7-11(10)15)14-16-12-5-3-4-6-13(12)17(14)2/h3-6,10-11H,7-9,15H2,1-2H3. The van der Waals surface area contributed by atoms with Crippen molar-refractivity contribution in [3.05, 3.63) is 24.3 Å². The third kappa shape index (κ3) is 1.77. The molecule has 3 rings (SSSR count). The van der Waals surface area contributed by atoms with Gasteiger partial charge in [-0.05, 0) is 24.5 Å². The molecule has 18 heavy (non-hydrogen) atoms. The van der Waals surface area contributed by atoms with Crippen LogP contribution in [0.2, 0.25) is 0 Å². The summed E-state index contributed by atoms with van der Waals surface area (Å²) >= 11 is 0. The van der Waals surface area contributed by atoms with Gasteiger partial charge in [0.1, 0.15) is 0 Å². The second-order valence-electron chi connectivity index (χ2n) is 5.34. The Balaban J connectivity index is 1.97. The number of benzene rings is 1. The molecule has 0 aliphatic carbocycles. The van der Waals surface area contributed by atoms with Crippen LogP contribution in [0.25, 0.3) is 11.0 Å². The smallest absolute Gasteiger partial charge is 0.206 e. The maximum Gasteiger partial charge on any atom is 0.206 e. The van der Waals surface area contributed by atoms with E-state index in [0.29, 0.717) is 12.0 Å². The monoisotopic (exact) mass is 244 g/mol. The summed E-state index contributed by atoms with van der Waals surface area (Å²) in [5.74, 6) is 1.59. The number of nitrogens with two attached hydrogens (primary N) is 1. The molecule has 2 heterocycles. The fraction of sp³-hybridized carbons (Fsp3) is 0.500. The zero-order valence-corrected chi connectivity index (χ0v) is 11.0. The first-order valence-electron chi connectivity index (χ1n) is 6.59. The number of aromatic nitrogens is 2. The average molecular weight is 244 g/mol. The lowest BCUT2D eigenvalue weighted by Gasteiger charge is -2.35. The summed E-state index contributed by atoms with van der Waals surface area (Å²) in [5, 5.41) is 0. The van der Waals surface area contributed by atoms with Crippen molar-refractivity contribution in [1.82, 2.24) is 9.55 Å². The van der Waals surface area contributed by atoms with Crippen molar-refractivity contribution in [3.63, 3.8) is 0 Å². The molecule has 2 aromatic rings. The van der Waals surface area contributed by atoms with E-state index in [1.807, 2.05) is 6.07 Å². The van der Waals surface area contributed by atoms with Crippen LogP contribution in [0.5, 0.6) is 0 Å². The van der Waals surface area contributed by atoms with Crippen molar-refractivity contribution in [2.75, 3.05) is 18.0 Å². The molecule has 0 radical (unpaired) electrons. The van der Waals surface area contributed by atoms with E-state index in [1.165, 1.54) is 5.52 Å². The summed E-state index contributed by atoms with van der Waals surface area (Å²) in [5.41, 5.74) is 8.33. The Hall–Kier alpha value is -1.55. The molecule has 0 bridgehead atoms. The van der Waals surface area contributed by atoms with Crippen LogP contribution in [0.15, 0.2) is 24.3 Å². The number of imidazole rings is 1. The van der Waals surface area contributed by atoms with E-state index in [2.05, 4.69) is 41.6 Å². The van der Waals surface area contributed by atoms with Gasteiger partial charge >= 0.3 is 0 Å². The van der Waals surface area contributed by atoms with E-state index in [-0.39, 0.29) is 0 Å². The van der Waals surface area contributed by atoms with Gasteiger partial charge in [0.05, 0.1) is 11.0 Å². The number of rotatable bonds is 1. The number of anilines is 1. The topological polar surface area (TPSA) is 47.1 Å². The molecule has 1 aliphatic rings. The van der Waals surface area contributed by atoms with E-state index in [1.54, 1.807) is 0 Å². The Bertz CT molecular complexity index is 560. The lowest BCUT2D eigenvalue weighted by molar-refractivity contribution is 0.378. The van der Waals surface area contributed by atoms with E-state index in [4.69, 9.17) is 10.7 Å². The van der Waals surface area contributed by atoms with E-state index in [0.717, 1.165) is 31.0 Å². The summed E-state index contributed by atoms with van der Waals surface area (Å²) in [6.07, 6.45) is 1.05. The first kappa shape index (κ1) is 11.5. The lowest BCUT2D eigenvalue weighted by atomic mass is 9.95. The van der Waals surface area contributed by atoms with Crippen molar-refractivity contribution < 1.29 is 0 Å². The quantitative estimate of drug-likeness (QED) is 0.831. The predicted octanol–water partition coefficient (Wildman–Crippen LogP) is 1.75. The van der Waals surface area contributed by atoms with Crippen LogP contribution in [0.1, 0.15) is 13.3 Å². The van der Waals surface area contributed by atoms with E-state index < -0.39 is 0 Å². The third-order valence-corrected chi connectivity index (χ3v) is 4.02. The molecule has 96 valence electrons. The van der Waals surface area contributed by atoms with Crippen molar-refractivity contribution >= 4 is 17.0 Å². The zero-order chi connectivity index (χ0) is 12.7. The number of para-hydroxylation sites is 2. The largest absolute Gasteiger partial charge is 0.342 e. The van der Waals surface area contributed by atoms with Crippen LogP contribution < -0.4 is 10.6 Å². The van der Waals surface area contributed by atoms with Gasteiger partial charge in [0.2, 0.25) is 5.95 Å². The minimum atomic E-state index is 0.330. The number of nitrogens with zero attached hydrogens (tertiary/aromatic N) is 3. The van der Waals surface area contributed by atoms with Crippen LogP contribution in [-0.4, -0.2) is 28.7 Å². The fourth-order valence-corrected chi connectivity index (χ4v) is 2.76. The molecule has 4 heteroatoms. The summed E-state index contributed by atoms with van der Waals surface area (Å²) in [7, 11) is 2.09. The van der Waals surface area contributed by atoms with Gasteiger partial charge in [0.25, 0.3) is 0 Å². The molecule has 1 saturated heterocycles. The molecule has 0 amide bonds. The Kier molecular flexibility index (Phi) is 2.74. The minimum Gasteiger partial charge on any atom is -0.342 e. The van der Waals surface area contributed by atoms with Crippen LogP contribution in [0, 0.1) is 5.92 Å². The number of hydrogen-bond acceptors (Lipinski definition) is 3. The molecule has 1 aliphatic heterocycles. The van der Waals surface area contributed by atoms with Crippen LogP contribution >= 0.6 is 0 Å². The lowest BCUT2D eigenvalue weighted by Crippen LogP contribution is -2.46. The number of hydrogen-bond donors (Lipinski definition) is 1. The minimum absolute atomic E-state index is 0.330. The highest BCUT2D eigenvalue weighted by atomic mass is 15.3. The Morgan fingerprint density at radius 2 is 2.11 bits per heavy atom. The molecule has 2 unspecified atom stereocenters. The van der Waals surface area contributed by atoms with Gasteiger partial charge in [-0.1, -0.05) is 19.1 Å². The summed E-state index contributed by atoms with van der Waals surface area (Å²) < 4.78 is 2.18. The maximum absolute atomic E-state index is 6.08. The van der Waals surface area contributed by atoms with Gasteiger partial charge in [-0.2, -0.15) is 0 Å². The van der Waals surface area contributed by atoms with Crippen molar-refractivity contribution in [1.29, 1.82) is 0 Å². The molecule has 2 atom stereocenters. The Labute approximate surface area is 107 Å². The van der Waals surface area contributed by atoms with Gasteiger partial charge in [0, 0.05) is 26.2 Å². The van der Waals surface area contributed by atoms with Crippen LogP contribution in [0.3, 0.4) is 0 Å². The molecular weight excluding hydrogens is 224 g/mol. The third-order valence-electron chi connectivity index (χ3n) is 4.02. The van der Waals surface area contributed by atoms with E-state index in [9.17, 15) is 0 Å². The van der Waals surface area contributed by atoms with Gasteiger partial charge in [0.15, 0.2) is 0 Å². The summed E-state index contributed by atoms with van der Waals surface area (Å²) in [6.45, 7) is 4.22. The van der Waals surface area contributed by atoms with Crippen LogP contribution in [-0.2, 0) is 7.05 Å². The van der Waals surface area contributed by atoms with Gasteiger partial charge in [-0.15, -0.1) is 0 Å². The molecule has 2 N–H and O–H groups in total. The average Bonchev–Trinajstić information content (AvgIpc) is 2.71. The second kappa shape index (κ2) is 4.28. The fourth-order valence-electron chi connectivity index (χ4n) is 2.76. The number of piperidine rings is 1. The highest BCUT2D eigenvalue weighted by Crippen LogP contribution is 2.25. The number of fused-ring (bicyclic) bond motifs is 1. The predicted molar refractivity (Wildman–Crippen MR) is 74.7 cm³/mol. The highest BCUT2D eigenvalue weighted by Gasteiger charge is 2.25.